The first-order chi connectivity index (χ1) is 9.59. The Kier molecular flexibility index (Phi) is 10.4. The van der Waals surface area contributed by atoms with Gasteiger partial charge in [0.05, 0.1) is 62.1 Å². The fourth-order valence-corrected chi connectivity index (χ4v) is 1.04. The molecule has 0 N–H and O–H groups in total. The van der Waals surface area contributed by atoms with Crippen LogP contribution in [0.25, 0.3) is 0 Å². The Labute approximate surface area is 137 Å². The lowest BCUT2D eigenvalue weighted by atomic mass is 10.1. The Morgan fingerprint density at radius 1 is 0.818 bits per heavy atom. The van der Waals surface area contributed by atoms with E-state index in [1.165, 1.54) is 0 Å². The number of rotatable bonds is 2. The largest absolute Gasteiger partial charge is 0.860 e. The molecule has 0 amide bonds. The molecule has 0 radical (unpaired) electrons. The molecule has 5 nitrogen and oxygen atoms in total. The lowest BCUT2D eigenvalue weighted by Crippen LogP contribution is -2.50. The molecule has 0 saturated carbocycles. The van der Waals surface area contributed by atoms with E-state index in [2.05, 4.69) is 61.0 Å². The summed E-state index contributed by atoms with van der Waals surface area (Å²) in [5.41, 5.74) is 1.89. The van der Waals surface area contributed by atoms with E-state index >= 15 is 0 Å². The van der Waals surface area contributed by atoms with Gasteiger partial charge in [0.15, 0.2) is 0 Å². The first-order valence-corrected chi connectivity index (χ1v) is 7.23. The minimum Gasteiger partial charge on any atom is -0.860 e. The molecule has 0 aliphatic carbocycles. The normalized spacial score (nSPS) is 10.7. The number of quaternary nitrogens is 2. The summed E-state index contributed by atoms with van der Waals surface area (Å²) in [5.74, 6) is 0.371. The van der Waals surface area contributed by atoms with Crippen LogP contribution in [0.4, 0.5) is 0 Å². The van der Waals surface area contributed by atoms with Crippen LogP contribution in [-0.4, -0.2) is 72.7 Å². The van der Waals surface area contributed by atoms with Crippen molar-refractivity contribution in [2.75, 3.05) is 56.4 Å². The van der Waals surface area contributed by atoms with Crippen LogP contribution < -0.4 is 14.7 Å². The Balaban J connectivity index is 0. The highest BCUT2D eigenvalue weighted by Gasteiger charge is 1.96. The van der Waals surface area contributed by atoms with Gasteiger partial charge in [0.2, 0.25) is 0 Å². The first-order valence-electron chi connectivity index (χ1n) is 7.23. The highest BCUT2D eigenvalue weighted by molar-refractivity contribution is 6.29. The maximum atomic E-state index is 10.2. The van der Waals surface area contributed by atoms with Gasteiger partial charge in [-0.05, 0) is 25.5 Å². The molecule has 0 aliphatic rings. The average molecular weight is 312 g/mol. The SMILES string of the molecule is C[N+](C)(C)C.C[N+](C)(C)C.Cc1ccc(OB([O-])[O-])c(C)c1. The summed E-state index contributed by atoms with van der Waals surface area (Å²) in [6, 6.07) is 5.29. The summed E-state index contributed by atoms with van der Waals surface area (Å²) in [5, 5.41) is 20.3. The summed E-state index contributed by atoms with van der Waals surface area (Å²) in [4.78, 5) is 0. The van der Waals surface area contributed by atoms with Crippen LogP contribution in [0.1, 0.15) is 11.1 Å². The third kappa shape index (κ3) is 24.0. The molecule has 128 valence electrons. The number of benzene rings is 1. The van der Waals surface area contributed by atoms with Gasteiger partial charge < -0.3 is 23.7 Å². The Hall–Kier alpha value is -1.08. The van der Waals surface area contributed by atoms with E-state index in [-0.39, 0.29) is 0 Å². The molecule has 22 heavy (non-hydrogen) atoms. The van der Waals surface area contributed by atoms with Crippen molar-refractivity contribution in [1.29, 1.82) is 0 Å². The molecule has 0 heterocycles. The summed E-state index contributed by atoms with van der Waals surface area (Å²) >= 11 is 0. The van der Waals surface area contributed by atoms with E-state index in [0.717, 1.165) is 20.1 Å². The van der Waals surface area contributed by atoms with Gasteiger partial charge in [-0.3, -0.25) is 0 Å². The smallest absolute Gasteiger partial charge is 0.133 e. The van der Waals surface area contributed by atoms with Crippen LogP contribution in [0.2, 0.25) is 0 Å². The number of hydrogen-bond donors (Lipinski definition) is 0. The van der Waals surface area contributed by atoms with Crippen LogP contribution >= 0.6 is 0 Å². The molecule has 0 spiro atoms. The van der Waals surface area contributed by atoms with Gasteiger partial charge in [0, 0.05) is 0 Å². The maximum Gasteiger partial charge on any atom is 0.133 e. The third-order valence-electron chi connectivity index (χ3n) is 1.55. The van der Waals surface area contributed by atoms with Crippen LogP contribution in [0.3, 0.4) is 0 Å². The van der Waals surface area contributed by atoms with Crippen molar-refractivity contribution in [1.82, 2.24) is 0 Å². The minimum absolute atomic E-state index is 0.371. The molecule has 6 heteroatoms. The standard InChI is InChI=1S/C8H9BO3.2C4H12N/c1-6-3-4-8(7(2)5-6)12-9(10)11;2*1-5(2,3)4/h3-5H,1-2H3;2*1-4H3/q-2;2*+1. The van der Waals surface area contributed by atoms with Gasteiger partial charge in [-0.2, -0.15) is 0 Å². The van der Waals surface area contributed by atoms with Gasteiger partial charge in [0.1, 0.15) is 7.32 Å². The molecule has 0 fully saturated rings. The molecule has 0 aliphatic heterocycles. The zero-order valence-electron chi connectivity index (χ0n) is 15.9. The lowest BCUT2D eigenvalue weighted by Gasteiger charge is -2.27. The second kappa shape index (κ2) is 9.84. The lowest BCUT2D eigenvalue weighted by molar-refractivity contribution is -0.849. The van der Waals surface area contributed by atoms with E-state index in [1.54, 1.807) is 19.1 Å². The molecule has 1 aromatic carbocycles. The molecule has 0 saturated heterocycles. The van der Waals surface area contributed by atoms with Crippen molar-refractivity contribution in [3.05, 3.63) is 29.3 Å². The predicted octanol–water partition coefficient (Wildman–Crippen LogP) is 0.0325. The number of hydrogen-bond acceptors (Lipinski definition) is 3. The monoisotopic (exact) mass is 312 g/mol. The molecule has 0 unspecified atom stereocenters. The Bertz CT molecular complexity index is 400. The summed E-state index contributed by atoms with van der Waals surface area (Å²) in [6.07, 6.45) is 0. The quantitative estimate of drug-likeness (QED) is 0.572. The van der Waals surface area contributed by atoms with Gasteiger partial charge in [-0.15, -0.1) is 0 Å². The van der Waals surface area contributed by atoms with E-state index in [9.17, 15) is 10.0 Å². The first kappa shape index (κ1) is 23.2. The van der Waals surface area contributed by atoms with E-state index in [1.807, 2.05) is 13.0 Å². The Morgan fingerprint density at radius 2 is 1.18 bits per heavy atom. The van der Waals surface area contributed by atoms with Crippen molar-refractivity contribution in [3.63, 3.8) is 0 Å². The highest BCUT2D eigenvalue weighted by atomic mass is 16.6. The van der Waals surface area contributed by atoms with Gasteiger partial charge in [-0.25, -0.2) is 0 Å². The second-order valence-electron chi connectivity index (χ2n) is 8.04. The fraction of sp³-hybridized carbons (Fsp3) is 0.625. The summed E-state index contributed by atoms with van der Waals surface area (Å²) in [7, 11) is 14.8. The van der Waals surface area contributed by atoms with E-state index < -0.39 is 7.32 Å². The van der Waals surface area contributed by atoms with Crippen molar-refractivity contribution >= 4 is 7.32 Å². The molecule has 0 aromatic heterocycles. The fourth-order valence-electron chi connectivity index (χ4n) is 1.04. The molecule has 0 atom stereocenters. The summed E-state index contributed by atoms with van der Waals surface area (Å²) < 4.78 is 6.49. The van der Waals surface area contributed by atoms with Crippen LogP contribution in [0, 0.1) is 13.8 Å². The predicted molar refractivity (Wildman–Crippen MR) is 90.2 cm³/mol. The van der Waals surface area contributed by atoms with Gasteiger partial charge >= 0.3 is 0 Å². The molecule has 1 aromatic rings. The molecule has 1 rings (SSSR count). The minimum atomic E-state index is -2.24. The van der Waals surface area contributed by atoms with Crippen molar-refractivity contribution in [2.24, 2.45) is 0 Å². The molecular formula is C16H33BN2O3. The van der Waals surface area contributed by atoms with Crippen LogP contribution in [-0.2, 0) is 0 Å². The van der Waals surface area contributed by atoms with E-state index in [4.69, 9.17) is 0 Å². The van der Waals surface area contributed by atoms with Crippen molar-refractivity contribution < 1.29 is 23.7 Å². The van der Waals surface area contributed by atoms with Crippen molar-refractivity contribution in [3.8, 4) is 5.75 Å². The number of nitrogens with zero attached hydrogens (tertiary/aromatic N) is 2. The molecular weight excluding hydrogens is 279 g/mol. The zero-order valence-corrected chi connectivity index (χ0v) is 15.9. The van der Waals surface area contributed by atoms with Crippen LogP contribution in [0.15, 0.2) is 18.2 Å². The van der Waals surface area contributed by atoms with Crippen molar-refractivity contribution in [2.45, 2.75) is 13.8 Å². The van der Waals surface area contributed by atoms with E-state index in [0.29, 0.717) is 5.75 Å². The average Bonchev–Trinajstić information content (AvgIpc) is 2.16. The Morgan fingerprint density at radius 3 is 1.45 bits per heavy atom. The second-order valence-corrected chi connectivity index (χ2v) is 8.04. The maximum absolute atomic E-state index is 10.2. The van der Waals surface area contributed by atoms with Gasteiger partial charge in [0.25, 0.3) is 0 Å². The highest BCUT2D eigenvalue weighted by Crippen LogP contribution is 2.17. The topological polar surface area (TPSA) is 55.3 Å². The van der Waals surface area contributed by atoms with Gasteiger partial charge in [-0.1, -0.05) is 17.7 Å². The molecule has 0 bridgehead atoms. The van der Waals surface area contributed by atoms with Crippen LogP contribution in [0.5, 0.6) is 5.75 Å². The summed E-state index contributed by atoms with van der Waals surface area (Å²) in [6.45, 7) is 3.73. The zero-order chi connectivity index (χ0) is 18.1. The number of aryl methyl sites for hydroxylation is 2. The third-order valence-corrected chi connectivity index (χ3v) is 1.55.